The summed E-state index contributed by atoms with van der Waals surface area (Å²) in [5.74, 6) is 0.611. The van der Waals surface area contributed by atoms with Crippen molar-refractivity contribution in [1.29, 1.82) is 5.26 Å². The molecule has 0 heterocycles. The second-order valence-corrected chi connectivity index (χ2v) is 5.42. The van der Waals surface area contributed by atoms with Crippen LogP contribution in [0.15, 0.2) is 24.3 Å². The summed E-state index contributed by atoms with van der Waals surface area (Å²) in [6.45, 7) is 6.86. The fourth-order valence-corrected chi connectivity index (χ4v) is 1.80. The molecule has 1 amide bonds. The summed E-state index contributed by atoms with van der Waals surface area (Å²) in [4.78, 5) is 14.0. The highest BCUT2D eigenvalue weighted by molar-refractivity contribution is 5.84. The Labute approximate surface area is 121 Å². The van der Waals surface area contributed by atoms with Crippen LogP contribution in [0.25, 0.3) is 0 Å². The van der Waals surface area contributed by atoms with E-state index in [2.05, 4.69) is 25.2 Å². The Morgan fingerprint density at radius 2 is 1.90 bits per heavy atom. The minimum atomic E-state index is -0.241. The van der Waals surface area contributed by atoms with Crippen LogP contribution >= 0.6 is 0 Å². The van der Waals surface area contributed by atoms with Gasteiger partial charge in [0.15, 0.2) is 0 Å². The first-order valence-corrected chi connectivity index (χ1v) is 6.96. The van der Waals surface area contributed by atoms with E-state index in [0.29, 0.717) is 18.0 Å². The zero-order valence-electron chi connectivity index (χ0n) is 12.7. The fraction of sp³-hybridized carbons (Fsp3) is 0.500. The number of likely N-dealkylation sites (N-methyl/N-ethyl adjacent to an activating group) is 1. The smallest absolute Gasteiger partial charge is 0.242 e. The van der Waals surface area contributed by atoms with Crippen LogP contribution < -0.4 is 10.2 Å². The van der Waals surface area contributed by atoms with Gasteiger partial charge in [0.2, 0.25) is 5.91 Å². The SMILES string of the molecule is CC(C)CCNC(=O)C(C)N(C)c1ccc(C#N)cc1. The molecule has 1 aromatic carbocycles. The number of benzene rings is 1. The maximum atomic E-state index is 12.1. The van der Waals surface area contributed by atoms with Crippen LogP contribution in [0.4, 0.5) is 5.69 Å². The number of carbonyl (C=O) groups excluding carboxylic acids is 1. The van der Waals surface area contributed by atoms with Crippen LogP contribution in [0, 0.1) is 17.2 Å². The van der Waals surface area contributed by atoms with E-state index in [9.17, 15) is 4.79 Å². The predicted octanol–water partition coefficient (Wildman–Crippen LogP) is 2.55. The van der Waals surface area contributed by atoms with Gasteiger partial charge in [-0.3, -0.25) is 4.79 Å². The number of carbonyl (C=O) groups is 1. The maximum Gasteiger partial charge on any atom is 0.242 e. The lowest BCUT2D eigenvalue weighted by Crippen LogP contribution is -2.43. The van der Waals surface area contributed by atoms with Crippen molar-refractivity contribution in [3.05, 3.63) is 29.8 Å². The maximum absolute atomic E-state index is 12.1. The standard InChI is InChI=1S/C16H23N3O/c1-12(2)9-10-18-16(20)13(3)19(4)15-7-5-14(11-17)6-8-15/h5-8,12-13H,9-10H2,1-4H3,(H,18,20). The molecule has 0 spiro atoms. The van der Waals surface area contributed by atoms with E-state index < -0.39 is 0 Å². The third-order valence-electron chi connectivity index (χ3n) is 3.38. The fourth-order valence-electron chi connectivity index (χ4n) is 1.80. The Morgan fingerprint density at radius 1 is 1.30 bits per heavy atom. The molecule has 0 aromatic heterocycles. The van der Waals surface area contributed by atoms with Gasteiger partial charge < -0.3 is 10.2 Å². The zero-order chi connectivity index (χ0) is 15.1. The number of hydrogen-bond donors (Lipinski definition) is 1. The molecule has 0 saturated carbocycles. The Bertz CT molecular complexity index is 473. The monoisotopic (exact) mass is 273 g/mol. The highest BCUT2D eigenvalue weighted by Gasteiger charge is 2.17. The molecule has 4 nitrogen and oxygen atoms in total. The number of nitrogens with one attached hydrogen (secondary N) is 1. The average Bonchev–Trinajstić information content (AvgIpc) is 2.45. The Morgan fingerprint density at radius 3 is 2.40 bits per heavy atom. The molecule has 1 atom stereocenters. The number of rotatable bonds is 6. The van der Waals surface area contributed by atoms with Crippen molar-refractivity contribution in [2.24, 2.45) is 5.92 Å². The quantitative estimate of drug-likeness (QED) is 0.866. The summed E-state index contributed by atoms with van der Waals surface area (Å²) in [7, 11) is 1.88. The van der Waals surface area contributed by atoms with Gasteiger partial charge in [-0.15, -0.1) is 0 Å². The van der Waals surface area contributed by atoms with Gasteiger partial charge in [-0.25, -0.2) is 0 Å². The van der Waals surface area contributed by atoms with Gasteiger partial charge in [-0.1, -0.05) is 13.8 Å². The van der Waals surface area contributed by atoms with Crippen molar-refractivity contribution >= 4 is 11.6 Å². The molecule has 0 fully saturated rings. The number of nitriles is 1. The van der Waals surface area contributed by atoms with Gasteiger partial charge in [0, 0.05) is 19.3 Å². The van der Waals surface area contributed by atoms with Crippen LogP contribution in [0.1, 0.15) is 32.8 Å². The third kappa shape index (κ3) is 4.58. The molecular formula is C16H23N3O. The molecule has 1 unspecified atom stereocenters. The largest absolute Gasteiger partial charge is 0.363 e. The number of anilines is 1. The second kappa shape index (κ2) is 7.54. The summed E-state index contributed by atoms with van der Waals surface area (Å²) >= 11 is 0. The topological polar surface area (TPSA) is 56.1 Å². The molecule has 0 radical (unpaired) electrons. The van der Waals surface area contributed by atoms with E-state index in [-0.39, 0.29) is 11.9 Å². The van der Waals surface area contributed by atoms with Gasteiger partial charge in [0.05, 0.1) is 11.6 Å². The Hall–Kier alpha value is -2.02. The van der Waals surface area contributed by atoms with E-state index in [0.717, 1.165) is 12.1 Å². The molecule has 0 aliphatic rings. The third-order valence-corrected chi connectivity index (χ3v) is 3.38. The van der Waals surface area contributed by atoms with Gasteiger partial charge in [0.25, 0.3) is 0 Å². The number of amides is 1. The van der Waals surface area contributed by atoms with Crippen molar-refractivity contribution in [2.75, 3.05) is 18.5 Å². The number of nitrogens with zero attached hydrogens (tertiary/aromatic N) is 2. The van der Waals surface area contributed by atoms with Gasteiger partial charge in [0.1, 0.15) is 6.04 Å². The molecule has 0 aliphatic heterocycles. The number of hydrogen-bond acceptors (Lipinski definition) is 3. The van der Waals surface area contributed by atoms with E-state index in [1.807, 2.05) is 31.0 Å². The first-order chi connectivity index (χ1) is 9.45. The lowest BCUT2D eigenvalue weighted by molar-refractivity contribution is -0.122. The molecule has 1 rings (SSSR count). The lowest BCUT2D eigenvalue weighted by Gasteiger charge is -2.26. The van der Waals surface area contributed by atoms with E-state index in [1.54, 1.807) is 12.1 Å². The van der Waals surface area contributed by atoms with Crippen LogP contribution in [0.2, 0.25) is 0 Å². The molecule has 0 bridgehead atoms. The van der Waals surface area contributed by atoms with Crippen LogP contribution in [-0.2, 0) is 4.79 Å². The first-order valence-electron chi connectivity index (χ1n) is 6.96. The molecule has 108 valence electrons. The zero-order valence-corrected chi connectivity index (χ0v) is 12.7. The Balaban J connectivity index is 2.58. The highest BCUT2D eigenvalue weighted by atomic mass is 16.2. The highest BCUT2D eigenvalue weighted by Crippen LogP contribution is 2.16. The van der Waals surface area contributed by atoms with Crippen molar-refractivity contribution in [1.82, 2.24) is 5.32 Å². The van der Waals surface area contributed by atoms with Gasteiger partial charge in [-0.05, 0) is 43.5 Å². The van der Waals surface area contributed by atoms with Crippen LogP contribution in [0.5, 0.6) is 0 Å². The van der Waals surface area contributed by atoms with Gasteiger partial charge >= 0.3 is 0 Å². The van der Waals surface area contributed by atoms with Crippen molar-refractivity contribution in [2.45, 2.75) is 33.2 Å². The second-order valence-electron chi connectivity index (χ2n) is 5.42. The Kier molecular flexibility index (Phi) is 6.05. The minimum Gasteiger partial charge on any atom is -0.363 e. The lowest BCUT2D eigenvalue weighted by atomic mass is 10.1. The first kappa shape index (κ1) is 16.0. The summed E-state index contributed by atoms with van der Waals surface area (Å²) in [5.41, 5.74) is 1.55. The van der Waals surface area contributed by atoms with Crippen LogP contribution in [-0.4, -0.2) is 25.5 Å². The van der Waals surface area contributed by atoms with Crippen LogP contribution in [0.3, 0.4) is 0 Å². The molecule has 1 N–H and O–H groups in total. The summed E-state index contributed by atoms with van der Waals surface area (Å²) < 4.78 is 0. The van der Waals surface area contributed by atoms with E-state index in [1.165, 1.54) is 0 Å². The molecular weight excluding hydrogens is 250 g/mol. The summed E-state index contributed by atoms with van der Waals surface area (Å²) in [6, 6.07) is 9.08. The van der Waals surface area contributed by atoms with Crippen molar-refractivity contribution in [3.8, 4) is 6.07 Å². The van der Waals surface area contributed by atoms with Crippen molar-refractivity contribution in [3.63, 3.8) is 0 Å². The molecule has 4 heteroatoms. The predicted molar refractivity (Wildman–Crippen MR) is 81.5 cm³/mol. The summed E-state index contributed by atoms with van der Waals surface area (Å²) in [5, 5.41) is 11.7. The summed E-state index contributed by atoms with van der Waals surface area (Å²) in [6.07, 6.45) is 0.985. The average molecular weight is 273 g/mol. The van der Waals surface area contributed by atoms with E-state index >= 15 is 0 Å². The van der Waals surface area contributed by atoms with E-state index in [4.69, 9.17) is 5.26 Å². The van der Waals surface area contributed by atoms with Gasteiger partial charge in [-0.2, -0.15) is 5.26 Å². The molecule has 0 aliphatic carbocycles. The molecule has 20 heavy (non-hydrogen) atoms. The molecule has 0 saturated heterocycles. The molecule has 1 aromatic rings. The normalized spacial score (nSPS) is 11.8. The van der Waals surface area contributed by atoms with Crippen molar-refractivity contribution < 1.29 is 4.79 Å². The minimum absolute atomic E-state index is 0.0255.